The average molecular weight is 407 g/mol. The number of amides is 1. The number of rotatable bonds is 6. The highest BCUT2D eigenvalue weighted by Gasteiger charge is 2.22. The number of aromatic nitrogens is 4. The monoisotopic (exact) mass is 407 g/mol. The molecule has 3 heterocycles. The molecule has 0 bridgehead atoms. The lowest BCUT2D eigenvalue weighted by Gasteiger charge is -2.18. The summed E-state index contributed by atoms with van der Waals surface area (Å²) in [5.41, 5.74) is 3.61. The van der Waals surface area contributed by atoms with Crippen molar-refractivity contribution in [2.75, 3.05) is 6.54 Å². The molecule has 1 amide bonds. The fourth-order valence-corrected chi connectivity index (χ4v) is 3.47. The van der Waals surface area contributed by atoms with Gasteiger partial charge in [0.25, 0.3) is 5.91 Å². The van der Waals surface area contributed by atoms with Crippen molar-refractivity contribution < 1.29 is 13.6 Å². The molecule has 4 rings (SSSR count). The Labute approximate surface area is 173 Å². The van der Waals surface area contributed by atoms with E-state index in [1.54, 1.807) is 31.5 Å². The summed E-state index contributed by atoms with van der Waals surface area (Å²) in [5, 5.41) is 11.9. The SMILES string of the molecule is Cc1cc(C)n(C(CNC(=O)c2cc(-c3ccc(F)cc3)nn2C)c2ccco2)n1. The molecule has 154 valence electrons. The van der Waals surface area contributed by atoms with Crippen molar-refractivity contribution in [2.45, 2.75) is 19.9 Å². The van der Waals surface area contributed by atoms with E-state index in [9.17, 15) is 9.18 Å². The maximum Gasteiger partial charge on any atom is 0.269 e. The molecule has 4 aromatic rings. The molecule has 0 radical (unpaired) electrons. The van der Waals surface area contributed by atoms with Crippen LogP contribution in [0.1, 0.15) is 33.7 Å². The number of halogens is 1. The van der Waals surface area contributed by atoms with Crippen LogP contribution in [0.3, 0.4) is 0 Å². The number of benzene rings is 1. The second-order valence-electron chi connectivity index (χ2n) is 7.16. The summed E-state index contributed by atoms with van der Waals surface area (Å²) in [6.07, 6.45) is 1.60. The quantitative estimate of drug-likeness (QED) is 0.529. The molecule has 0 fully saturated rings. The summed E-state index contributed by atoms with van der Waals surface area (Å²) in [4.78, 5) is 12.9. The van der Waals surface area contributed by atoms with Crippen LogP contribution in [0.4, 0.5) is 4.39 Å². The molecule has 8 heteroatoms. The van der Waals surface area contributed by atoms with Gasteiger partial charge >= 0.3 is 0 Å². The van der Waals surface area contributed by atoms with Crippen LogP contribution in [-0.2, 0) is 7.05 Å². The van der Waals surface area contributed by atoms with Crippen molar-refractivity contribution in [1.82, 2.24) is 24.9 Å². The molecule has 1 aromatic carbocycles. The lowest BCUT2D eigenvalue weighted by atomic mass is 10.1. The Hall–Kier alpha value is -3.68. The molecule has 7 nitrogen and oxygen atoms in total. The van der Waals surface area contributed by atoms with Crippen molar-refractivity contribution in [1.29, 1.82) is 0 Å². The number of hydrogen-bond acceptors (Lipinski definition) is 4. The summed E-state index contributed by atoms with van der Waals surface area (Å²) < 4.78 is 22.1. The van der Waals surface area contributed by atoms with E-state index in [0.717, 1.165) is 17.0 Å². The van der Waals surface area contributed by atoms with Gasteiger partial charge in [0.2, 0.25) is 0 Å². The Morgan fingerprint density at radius 2 is 1.93 bits per heavy atom. The second kappa shape index (κ2) is 7.98. The summed E-state index contributed by atoms with van der Waals surface area (Å²) >= 11 is 0. The number of nitrogens with one attached hydrogen (secondary N) is 1. The highest BCUT2D eigenvalue weighted by molar-refractivity contribution is 5.93. The largest absolute Gasteiger partial charge is 0.467 e. The van der Waals surface area contributed by atoms with E-state index in [1.165, 1.54) is 16.8 Å². The predicted molar refractivity (Wildman–Crippen MR) is 109 cm³/mol. The normalized spacial score (nSPS) is 12.1. The van der Waals surface area contributed by atoms with Crippen LogP contribution >= 0.6 is 0 Å². The highest BCUT2D eigenvalue weighted by Crippen LogP contribution is 2.22. The van der Waals surface area contributed by atoms with Crippen molar-refractivity contribution >= 4 is 5.91 Å². The van der Waals surface area contributed by atoms with Gasteiger partial charge in [-0.2, -0.15) is 10.2 Å². The molecule has 1 unspecified atom stereocenters. The van der Waals surface area contributed by atoms with Crippen molar-refractivity contribution in [3.8, 4) is 11.3 Å². The van der Waals surface area contributed by atoms with E-state index < -0.39 is 0 Å². The van der Waals surface area contributed by atoms with Gasteiger partial charge in [-0.3, -0.25) is 14.2 Å². The van der Waals surface area contributed by atoms with Crippen LogP contribution in [0.2, 0.25) is 0 Å². The highest BCUT2D eigenvalue weighted by atomic mass is 19.1. The van der Waals surface area contributed by atoms with Gasteiger partial charge in [-0.15, -0.1) is 0 Å². The minimum atomic E-state index is -0.319. The standard InChI is InChI=1S/C22H22FN5O2/c1-14-11-15(2)28(25-14)20(21-5-4-10-30-21)13-24-22(29)19-12-18(26-27(19)3)16-6-8-17(23)9-7-16/h4-12,20H,13H2,1-3H3,(H,24,29). The van der Waals surface area contributed by atoms with E-state index in [0.29, 0.717) is 23.7 Å². The Balaban J connectivity index is 1.54. The fraction of sp³-hybridized carbons (Fsp3) is 0.227. The van der Waals surface area contributed by atoms with Gasteiger partial charge in [-0.05, 0) is 62.4 Å². The number of carbonyl (C=O) groups is 1. The van der Waals surface area contributed by atoms with Crippen molar-refractivity contribution in [3.05, 3.63) is 83.5 Å². The van der Waals surface area contributed by atoms with E-state index in [4.69, 9.17) is 4.42 Å². The molecule has 0 aliphatic rings. The van der Waals surface area contributed by atoms with Gasteiger partial charge in [0, 0.05) is 24.8 Å². The van der Waals surface area contributed by atoms with Gasteiger partial charge in [0.1, 0.15) is 23.3 Å². The molecule has 0 aliphatic carbocycles. The molecule has 1 atom stereocenters. The zero-order valence-electron chi connectivity index (χ0n) is 17.0. The van der Waals surface area contributed by atoms with Gasteiger partial charge in [-0.25, -0.2) is 4.39 Å². The van der Waals surface area contributed by atoms with Crippen LogP contribution in [0, 0.1) is 19.7 Å². The minimum absolute atomic E-state index is 0.267. The van der Waals surface area contributed by atoms with Gasteiger partial charge in [0.15, 0.2) is 0 Å². The summed E-state index contributed by atoms with van der Waals surface area (Å²) in [7, 11) is 1.70. The molecule has 0 saturated heterocycles. The molecule has 1 N–H and O–H groups in total. The minimum Gasteiger partial charge on any atom is -0.467 e. The van der Waals surface area contributed by atoms with E-state index in [-0.39, 0.29) is 17.8 Å². The first-order chi connectivity index (χ1) is 14.4. The fourth-order valence-electron chi connectivity index (χ4n) is 3.47. The first kappa shape index (κ1) is 19.6. The van der Waals surface area contributed by atoms with E-state index in [1.807, 2.05) is 36.7 Å². The molecule has 0 saturated carbocycles. The number of carbonyl (C=O) groups excluding carboxylic acids is 1. The van der Waals surface area contributed by atoms with Crippen molar-refractivity contribution in [2.24, 2.45) is 7.05 Å². The smallest absolute Gasteiger partial charge is 0.269 e. The average Bonchev–Trinajstić information content (AvgIpc) is 3.44. The lowest BCUT2D eigenvalue weighted by molar-refractivity contribution is 0.0938. The van der Waals surface area contributed by atoms with Crippen LogP contribution in [-0.4, -0.2) is 32.0 Å². The predicted octanol–water partition coefficient (Wildman–Crippen LogP) is 3.65. The second-order valence-corrected chi connectivity index (χ2v) is 7.16. The summed E-state index contributed by atoms with van der Waals surface area (Å²) in [6.45, 7) is 4.19. The molecule has 0 aliphatic heterocycles. The first-order valence-electron chi connectivity index (χ1n) is 9.56. The Morgan fingerprint density at radius 3 is 2.57 bits per heavy atom. The maximum absolute atomic E-state index is 13.2. The molecule has 3 aromatic heterocycles. The van der Waals surface area contributed by atoms with E-state index >= 15 is 0 Å². The Morgan fingerprint density at radius 1 is 1.17 bits per heavy atom. The van der Waals surface area contributed by atoms with Crippen molar-refractivity contribution in [3.63, 3.8) is 0 Å². The number of nitrogens with zero attached hydrogens (tertiary/aromatic N) is 4. The Kier molecular flexibility index (Phi) is 5.22. The van der Waals surface area contributed by atoms with Crippen LogP contribution < -0.4 is 5.32 Å². The summed E-state index contributed by atoms with van der Waals surface area (Å²) in [6, 6.07) is 13.1. The van der Waals surface area contributed by atoms with Crippen LogP contribution in [0.15, 0.2) is 59.2 Å². The zero-order chi connectivity index (χ0) is 21.3. The van der Waals surface area contributed by atoms with Gasteiger partial charge in [0.05, 0.1) is 17.7 Å². The topological polar surface area (TPSA) is 77.9 Å². The van der Waals surface area contributed by atoms with Crippen LogP contribution in [0.5, 0.6) is 0 Å². The third kappa shape index (κ3) is 3.89. The summed E-state index contributed by atoms with van der Waals surface area (Å²) in [5.74, 6) is 0.121. The first-order valence-corrected chi connectivity index (χ1v) is 9.56. The molecule has 30 heavy (non-hydrogen) atoms. The third-order valence-electron chi connectivity index (χ3n) is 4.92. The third-order valence-corrected chi connectivity index (χ3v) is 4.92. The maximum atomic E-state index is 13.2. The number of aryl methyl sites for hydroxylation is 3. The number of hydrogen-bond donors (Lipinski definition) is 1. The van der Waals surface area contributed by atoms with Crippen LogP contribution in [0.25, 0.3) is 11.3 Å². The molecule has 0 spiro atoms. The molecular formula is C22H22FN5O2. The zero-order valence-corrected chi connectivity index (χ0v) is 17.0. The van der Waals surface area contributed by atoms with E-state index in [2.05, 4.69) is 15.5 Å². The van der Waals surface area contributed by atoms with Gasteiger partial charge in [-0.1, -0.05) is 0 Å². The molecular weight excluding hydrogens is 385 g/mol. The van der Waals surface area contributed by atoms with Gasteiger partial charge < -0.3 is 9.73 Å². The lowest BCUT2D eigenvalue weighted by Crippen LogP contribution is -2.33. The Bertz CT molecular complexity index is 1160. The number of furan rings is 1.